The van der Waals surface area contributed by atoms with Gasteiger partial charge in [0.05, 0.1) is 23.5 Å². The molecule has 0 saturated carbocycles. The number of hydrogen-bond donors (Lipinski definition) is 2. The van der Waals surface area contributed by atoms with Gasteiger partial charge in [-0.3, -0.25) is 14.5 Å². The van der Waals surface area contributed by atoms with Gasteiger partial charge in [-0.05, 0) is 54.8 Å². The number of ether oxygens (including phenoxy) is 1. The number of benzene rings is 2. The number of cyclic esters (lactones) is 1. The van der Waals surface area contributed by atoms with Crippen molar-refractivity contribution in [3.63, 3.8) is 0 Å². The summed E-state index contributed by atoms with van der Waals surface area (Å²) < 4.78 is 21.8. The van der Waals surface area contributed by atoms with Gasteiger partial charge in [-0.1, -0.05) is 0 Å². The number of fused-ring (bicyclic) bond motifs is 1. The first kappa shape index (κ1) is 22.1. The lowest BCUT2D eigenvalue weighted by atomic mass is 9.99. The Bertz CT molecular complexity index is 1420. The highest BCUT2D eigenvalue weighted by Crippen LogP contribution is 2.36. The van der Waals surface area contributed by atoms with Gasteiger partial charge < -0.3 is 19.9 Å². The molecule has 3 aliphatic heterocycles. The molecule has 2 aromatic carbocycles. The Hall–Kier alpha value is -3.37. The number of halogens is 1. The summed E-state index contributed by atoms with van der Waals surface area (Å²) in [5.41, 5.74) is 2.55. The summed E-state index contributed by atoms with van der Waals surface area (Å²) in [5.74, 6) is -0.0985. The summed E-state index contributed by atoms with van der Waals surface area (Å²) in [7, 11) is 0. The first-order chi connectivity index (χ1) is 17.0. The number of pyridine rings is 1. The monoisotopic (exact) mass is 494 g/mol. The Morgan fingerprint density at radius 1 is 1.11 bits per heavy atom. The zero-order valence-electron chi connectivity index (χ0n) is 18.8. The van der Waals surface area contributed by atoms with Crippen LogP contribution in [-0.4, -0.2) is 48.1 Å². The molecule has 1 fully saturated rings. The van der Waals surface area contributed by atoms with Gasteiger partial charge in [0, 0.05) is 41.2 Å². The van der Waals surface area contributed by atoms with Crippen molar-refractivity contribution >= 4 is 46.0 Å². The minimum atomic E-state index is -0.413. The second-order valence-electron chi connectivity index (χ2n) is 9.00. The van der Waals surface area contributed by atoms with Crippen molar-refractivity contribution in [2.75, 3.05) is 35.6 Å². The number of rotatable bonds is 6. The molecule has 0 radical (unpaired) electrons. The average Bonchev–Trinajstić information content (AvgIpc) is 3.42. The second kappa shape index (κ2) is 8.69. The zero-order chi connectivity index (χ0) is 24.1. The van der Waals surface area contributed by atoms with Crippen LogP contribution < -0.4 is 21.1 Å². The highest BCUT2D eigenvalue weighted by molar-refractivity contribution is 8.00. The smallest absolute Gasteiger partial charge is 0.414 e. The minimum absolute atomic E-state index is 0.0565. The third-order valence-corrected chi connectivity index (χ3v) is 7.84. The van der Waals surface area contributed by atoms with Crippen molar-refractivity contribution in [2.45, 2.75) is 29.9 Å². The fourth-order valence-electron chi connectivity index (χ4n) is 5.11. The van der Waals surface area contributed by atoms with Crippen LogP contribution in [0.1, 0.15) is 17.9 Å². The Labute approximate surface area is 204 Å². The van der Waals surface area contributed by atoms with Crippen molar-refractivity contribution in [3.8, 4) is 0 Å². The number of aromatic nitrogens is 1. The molecular formula is C25H23FN4O4S. The Morgan fingerprint density at radius 2 is 1.97 bits per heavy atom. The zero-order valence-corrected chi connectivity index (χ0v) is 19.6. The molecule has 0 unspecified atom stereocenters. The maximum atomic E-state index is 14.6. The van der Waals surface area contributed by atoms with E-state index >= 15 is 0 Å². The summed E-state index contributed by atoms with van der Waals surface area (Å²) in [6.07, 6.45) is -0.0887. The Kier molecular flexibility index (Phi) is 5.49. The van der Waals surface area contributed by atoms with E-state index in [9.17, 15) is 18.8 Å². The van der Waals surface area contributed by atoms with Crippen molar-refractivity contribution in [1.82, 2.24) is 9.88 Å². The van der Waals surface area contributed by atoms with E-state index in [0.29, 0.717) is 60.8 Å². The third-order valence-electron chi connectivity index (χ3n) is 6.76. The lowest BCUT2D eigenvalue weighted by molar-refractivity contribution is -0.113. The standard InChI is InChI=1S/C25H23FN4O4S/c26-18-4-1-14-2-6-22(32)30-11-15(23(18)24(14)30)10-27-8-7-17-12-29(25(33)34-17)16-3-5-20-19(9-16)28-21(31)13-35-20/h1-6,9,15,17,27H,7-8,10-13H2,(H,28,31)/t15-,17-/m1/s1. The highest BCUT2D eigenvalue weighted by Gasteiger charge is 2.33. The summed E-state index contributed by atoms with van der Waals surface area (Å²) in [5, 5.41) is 7.06. The topological polar surface area (TPSA) is 92.7 Å². The van der Waals surface area contributed by atoms with Crippen LogP contribution in [0.4, 0.5) is 20.6 Å². The Balaban J connectivity index is 1.06. The van der Waals surface area contributed by atoms with Crippen molar-refractivity contribution in [3.05, 3.63) is 64.2 Å². The molecule has 3 aliphatic rings. The van der Waals surface area contributed by atoms with E-state index in [1.807, 2.05) is 12.1 Å². The molecule has 2 atom stereocenters. The summed E-state index contributed by atoms with van der Waals surface area (Å²) in [6.45, 7) is 1.96. The first-order valence-corrected chi connectivity index (χ1v) is 12.5. The van der Waals surface area contributed by atoms with Crippen LogP contribution in [0, 0.1) is 5.82 Å². The maximum absolute atomic E-state index is 14.6. The molecule has 8 nitrogen and oxygen atoms in total. The SMILES string of the molecule is O=C1CSc2ccc(N3C[C@@H](CCNC[C@@H]4Cn5c(=O)ccc6ccc(F)c4c65)OC3=O)cc2N1. The number of thioether (sulfide) groups is 1. The summed E-state index contributed by atoms with van der Waals surface area (Å²) >= 11 is 1.47. The van der Waals surface area contributed by atoms with E-state index in [1.165, 1.54) is 23.9 Å². The fraction of sp³-hybridized carbons (Fsp3) is 0.320. The number of amides is 2. The lowest BCUT2D eigenvalue weighted by Crippen LogP contribution is -2.29. The van der Waals surface area contributed by atoms with Crippen LogP contribution in [0.5, 0.6) is 0 Å². The van der Waals surface area contributed by atoms with Crippen molar-refractivity contribution < 1.29 is 18.7 Å². The predicted molar refractivity (Wildman–Crippen MR) is 132 cm³/mol. The van der Waals surface area contributed by atoms with Gasteiger partial charge in [-0.15, -0.1) is 11.8 Å². The molecule has 2 amide bonds. The van der Waals surface area contributed by atoms with E-state index in [0.717, 1.165) is 10.3 Å². The van der Waals surface area contributed by atoms with Crippen LogP contribution in [0.3, 0.4) is 0 Å². The molecule has 0 bridgehead atoms. The molecule has 35 heavy (non-hydrogen) atoms. The predicted octanol–water partition coefficient (Wildman–Crippen LogP) is 3.29. The van der Waals surface area contributed by atoms with E-state index in [1.54, 1.807) is 27.7 Å². The second-order valence-corrected chi connectivity index (χ2v) is 10.0. The molecule has 10 heteroatoms. The molecule has 1 saturated heterocycles. The number of nitrogens with one attached hydrogen (secondary N) is 2. The highest BCUT2D eigenvalue weighted by atomic mass is 32.2. The molecular weight excluding hydrogens is 471 g/mol. The van der Waals surface area contributed by atoms with Crippen LogP contribution in [0.2, 0.25) is 0 Å². The van der Waals surface area contributed by atoms with E-state index in [4.69, 9.17) is 4.74 Å². The van der Waals surface area contributed by atoms with Gasteiger partial charge in [0.25, 0.3) is 5.56 Å². The third kappa shape index (κ3) is 3.96. The van der Waals surface area contributed by atoms with Crippen LogP contribution in [-0.2, 0) is 16.1 Å². The van der Waals surface area contributed by atoms with Gasteiger partial charge in [-0.2, -0.15) is 0 Å². The summed E-state index contributed by atoms with van der Waals surface area (Å²) in [4.78, 5) is 39.0. The van der Waals surface area contributed by atoms with Gasteiger partial charge in [0.1, 0.15) is 11.9 Å². The number of nitrogens with zero attached hydrogens (tertiary/aromatic N) is 2. The first-order valence-electron chi connectivity index (χ1n) is 11.6. The molecule has 1 aromatic heterocycles. The van der Waals surface area contributed by atoms with E-state index in [-0.39, 0.29) is 29.3 Å². The van der Waals surface area contributed by atoms with Gasteiger partial charge in [0.2, 0.25) is 5.91 Å². The van der Waals surface area contributed by atoms with E-state index in [2.05, 4.69) is 10.6 Å². The average molecular weight is 495 g/mol. The van der Waals surface area contributed by atoms with Crippen molar-refractivity contribution in [1.29, 1.82) is 0 Å². The molecule has 2 N–H and O–H groups in total. The molecule has 3 aromatic rings. The van der Waals surface area contributed by atoms with Gasteiger partial charge in [0.15, 0.2) is 0 Å². The van der Waals surface area contributed by atoms with Gasteiger partial charge in [-0.25, -0.2) is 9.18 Å². The normalized spacial score (nSPS) is 20.8. The number of carbonyl (C=O) groups is 2. The lowest BCUT2D eigenvalue weighted by Gasteiger charge is -2.20. The number of carbonyl (C=O) groups excluding carboxylic acids is 2. The quantitative estimate of drug-likeness (QED) is 0.511. The number of anilines is 2. The van der Waals surface area contributed by atoms with Gasteiger partial charge >= 0.3 is 6.09 Å². The Morgan fingerprint density at radius 3 is 2.86 bits per heavy atom. The van der Waals surface area contributed by atoms with Crippen molar-refractivity contribution in [2.24, 2.45) is 0 Å². The maximum Gasteiger partial charge on any atom is 0.414 e. The largest absolute Gasteiger partial charge is 0.444 e. The minimum Gasteiger partial charge on any atom is -0.444 e. The van der Waals surface area contributed by atoms with E-state index < -0.39 is 6.09 Å². The molecule has 6 rings (SSSR count). The fourth-order valence-corrected chi connectivity index (χ4v) is 5.89. The summed E-state index contributed by atoms with van der Waals surface area (Å²) in [6, 6.07) is 12.0. The van der Waals surface area contributed by atoms with Crippen LogP contribution in [0.15, 0.2) is 52.2 Å². The molecule has 0 aliphatic carbocycles. The van der Waals surface area contributed by atoms with Crippen LogP contribution in [0.25, 0.3) is 10.9 Å². The molecule has 0 spiro atoms. The van der Waals surface area contributed by atoms with Crippen LogP contribution >= 0.6 is 11.8 Å². The molecule has 180 valence electrons. The number of hydrogen-bond acceptors (Lipinski definition) is 6. The molecule has 4 heterocycles.